The number of rotatable bonds is 2. The molecule has 0 amide bonds. The third kappa shape index (κ3) is 1.19. The molecule has 1 aliphatic carbocycles. The molecular formula is C9H15N3. The van der Waals surface area contributed by atoms with Gasteiger partial charge in [0.25, 0.3) is 0 Å². The maximum atomic E-state index is 5.73. The van der Waals surface area contributed by atoms with Crippen LogP contribution in [0.4, 0.5) is 5.82 Å². The van der Waals surface area contributed by atoms with Gasteiger partial charge in [-0.2, -0.15) is 5.10 Å². The number of nitrogens with two attached hydrogens (primary N) is 1. The highest BCUT2D eigenvalue weighted by molar-refractivity contribution is 5.41. The fourth-order valence-electron chi connectivity index (χ4n) is 1.71. The summed E-state index contributed by atoms with van der Waals surface area (Å²) >= 11 is 0. The number of hydrogen-bond donors (Lipinski definition) is 2. The Kier molecular flexibility index (Phi) is 1.79. The van der Waals surface area contributed by atoms with Crippen LogP contribution in [0.1, 0.15) is 30.5 Å². The smallest absolute Gasteiger partial charge is 0.148 e. The van der Waals surface area contributed by atoms with E-state index in [0.29, 0.717) is 5.82 Å². The molecule has 3 N–H and O–H groups in total. The number of nitrogens with zero attached hydrogens (tertiary/aromatic N) is 1. The van der Waals surface area contributed by atoms with Crippen molar-refractivity contribution in [2.75, 3.05) is 5.73 Å². The Hall–Kier alpha value is -0.990. The molecule has 1 fully saturated rings. The zero-order chi connectivity index (χ0) is 8.55. The summed E-state index contributed by atoms with van der Waals surface area (Å²) in [5.74, 6) is 1.56. The summed E-state index contributed by atoms with van der Waals surface area (Å²) in [5.41, 5.74) is 8.10. The van der Waals surface area contributed by atoms with Gasteiger partial charge in [0.1, 0.15) is 5.82 Å². The highest BCUT2D eigenvalue weighted by Gasteiger charge is 2.20. The number of aromatic nitrogens is 2. The lowest BCUT2D eigenvalue weighted by molar-refractivity contribution is 0.314. The molecule has 1 heterocycles. The van der Waals surface area contributed by atoms with Crippen molar-refractivity contribution in [3.63, 3.8) is 0 Å². The largest absolute Gasteiger partial charge is 0.382 e. The molecule has 3 heteroatoms. The normalized spacial score (nSPS) is 17.8. The first-order valence-corrected chi connectivity index (χ1v) is 4.56. The van der Waals surface area contributed by atoms with Crippen molar-refractivity contribution in [2.24, 2.45) is 5.92 Å². The molecule has 3 nitrogen and oxygen atoms in total. The van der Waals surface area contributed by atoms with Gasteiger partial charge in [-0.1, -0.05) is 19.3 Å². The fourth-order valence-corrected chi connectivity index (χ4v) is 1.71. The standard InChI is InChI=1S/C9H15N3/c1-6-8(9(10)12-11-6)5-7-3-2-4-7/h7H,2-5H2,1H3,(H3,10,11,12). The van der Waals surface area contributed by atoms with Crippen LogP contribution in [0.2, 0.25) is 0 Å². The predicted octanol–water partition coefficient (Wildman–Crippen LogP) is 1.64. The first-order valence-electron chi connectivity index (χ1n) is 4.56. The first-order chi connectivity index (χ1) is 5.77. The van der Waals surface area contributed by atoms with Crippen LogP contribution in [0, 0.1) is 12.8 Å². The Balaban J connectivity index is 2.10. The van der Waals surface area contributed by atoms with Crippen LogP contribution in [0.15, 0.2) is 0 Å². The predicted molar refractivity (Wildman–Crippen MR) is 48.8 cm³/mol. The van der Waals surface area contributed by atoms with Crippen molar-refractivity contribution in [2.45, 2.75) is 32.6 Å². The number of nitrogen functional groups attached to an aromatic ring is 1. The molecule has 1 saturated carbocycles. The summed E-state index contributed by atoms with van der Waals surface area (Å²) in [6.45, 7) is 2.04. The van der Waals surface area contributed by atoms with E-state index in [-0.39, 0.29) is 0 Å². The topological polar surface area (TPSA) is 54.7 Å². The lowest BCUT2D eigenvalue weighted by Gasteiger charge is -2.25. The van der Waals surface area contributed by atoms with Crippen LogP contribution in [0.25, 0.3) is 0 Å². The lowest BCUT2D eigenvalue weighted by Crippen LogP contribution is -2.14. The van der Waals surface area contributed by atoms with Gasteiger partial charge in [-0.15, -0.1) is 0 Å². The molecule has 0 bridgehead atoms. The van der Waals surface area contributed by atoms with E-state index < -0.39 is 0 Å². The molecule has 0 saturated heterocycles. The Bertz CT molecular complexity index is 254. The Morgan fingerprint density at radius 2 is 2.33 bits per heavy atom. The summed E-state index contributed by atoms with van der Waals surface area (Å²) < 4.78 is 0. The van der Waals surface area contributed by atoms with Crippen molar-refractivity contribution in [1.29, 1.82) is 0 Å². The monoisotopic (exact) mass is 165 g/mol. The molecule has 12 heavy (non-hydrogen) atoms. The van der Waals surface area contributed by atoms with Gasteiger partial charge in [-0.3, -0.25) is 5.10 Å². The molecule has 0 unspecified atom stereocenters. The zero-order valence-corrected chi connectivity index (χ0v) is 7.43. The molecule has 1 aliphatic rings. The van der Waals surface area contributed by atoms with Crippen molar-refractivity contribution >= 4 is 5.82 Å². The minimum atomic E-state index is 0.694. The Morgan fingerprint density at radius 3 is 2.75 bits per heavy atom. The first kappa shape index (κ1) is 7.65. The van der Waals surface area contributed by atoms with Crippen molar-refractivity contribution in [3.05, 3.63) is 11.3 Å². The van der Waals surface area contributed by atoms with Gasteiger partial charge in [0, 0.05) is 11.3 Å². The van der Waals surface area contributed by atoms with E-state index in [1.807, 2.05) is 6.92 Å². The molecule has 1 aromatic heterocycles. The van der Waals surface area contributed by atoms with E-state index in [9.17, 15) is 0 Å². The quantitative estimate of drug-likeness (QED) is 0.700. The van der Waals surface area contributed by atoms with Crippen molar-refractivity contribution < 1.29 is 0 Å². The van der Waals surface area contributed by atoms with E-state index in [2.05, 4.69) is 10.2 Å². The molecule has 0 aliphatic heterocycles. The molecule has 1 aromatic rings. The maximum absolute atomic E-state index is 5.73. The van der Waals surface area contributed by atoms with E-state index in [4.69, 9.17) is 5.73 Å². The molecule has 2 rings (SSSR count). The number of nitrogens with one attached hydrogen (secondary N) is 1. The van der Waals surface area contributed by atoms with Gasteiger partial charge in [-0.05, 0) is 19.3 Å². The molecule has 0 radical (unpaired) electrons. The average molecular weight is 165 g/mol. The van der Waals surface area contributed by atoms with Crippen LogP contribution in [0.3, 0.4) is 0 Å². The van der Waals surface area contributed by atoms with Crippen LogP contribution in [0.5, 0.6) is 0 Å². The van der Waals surface area contributed by atoms with E-state index >= 15 is 0 Å². The van der Waals surface area contributed by atoms with Crippen LogP contribution in [-0.2, 0) is 6.42 Å². The maximum Gasteiger partial charge on any atom is 0.148 e. The third-order valence-electron chi connectivity index (χ3n) is 2.82. The van der Waals surface area contributed by atoms with E-state index in [0.717, 1.165) is 18.0 Å². The minimum absolute atomic E-state index is 0.694. The van der Waals surface area contributed by atoms with Crippen LogP contribution >= 0.6 is 0 Å². The minimum Gasteiger partial charge on any atom is -0.382 e. The average Bonchev–Trinajstić information content (AvgIpc) is 2.25. The molecule has 0 spiro atoms. The fraction of sp³-hybridized carbons (Fsp3) is 0.667. The van der Waals surface area contributed by atoms with Crippen molar-refractivity contribution in [1.82, 2.24) is 10.2 Å². The van der Waals surface area contributed by atoms with Gasteiger partial charge in [0.2, 0.25) is 0 Å². The Morgan fingerprint density at radius 1 is 1.58 bits per heavy atom. The third-order valence-corrected chi connectivity index (χ3v) is 2.82. The summed E-state index contributed by atoms with van der Waals surface area (Å²) in [5, 5.41) is 6.90. The summed E-state index contributed by atoms with van der Waals surface area (Å²) in [7, 11) is 0. The van der Waals surface area contributed by atoms with Gasteiger partial charge in [-0.25, -0.2) is 0 Å². The number of hydrogen-bond acceptors (Lipinski definition) is 2. The zero-order valence-electron chi connectivity index (χ0n) is 7.43. The van der Waals surface area contributed by atoms with Gasteiger partial charge in [0.05, 0.1) is 0 Å². The molecule has 0 atom stereocenters. The second-order valence-electron chi connectivity index (χ2n) is 3.71. The van der Waals surface area contributed by atoms with Gasteiger partial charge < -0.3 is 5.73 Å². The van der Waals surface area contributed by atoms with Crippen molar-refractivity contribution in [3.8, 4) is 0 Å². The lowest BCUT2D eigenvalue weighted by atomic mass is 9.81. The number of aromatic amines is 1. The van der Waals surface area contributed by atoms with E-state index in [1.54, 1.807) is 0 Å². The summed E-state index contributed by atoms with van der Waals surface area (Å²) in [6.07, 6.45) is 5.24. The Labute approximate surface area is 72.4 Å². The summed E-state index contributed by atoms with van der Waals surface area (Å²) in [4.78, 5) is 0. The number of H-pyrrole nitrogens is 1. The molecule has 0 aromatic carbocycles. The van der Waals surface area contributed by atoms with Crippen LogP contribution < -0.4 is 5.73 Å². The van der Waals surface area contributed by atoms with Crippen LogP contribution in [-0.4, -0.2) is 10.2 Å². The molecular weight excluding hydrogens is 150 g/mol. The second-order valence-corrected chi connectivity index (χ2v) is 3.71. The second kappa shape index (κ2) is 2.81. The number of aryl methyl sites for hydroxylation is 1. The highest BCUT2D eigenvalue weighted by Crippen LogP contribution is 2.31. The SMILES string of the molecule is Cc1[nH]nc(N)c1CC1CCC1. The summed E-state index contributed by atoms with van der Waals surface area (Å²) in [6, 6.07) is 0. The highest BCUT2D eigenvalue weighted by atomic mass is 15.2. The van der Waals surface area contributed by atoms with Gasteiger partial charge >= 0.3 is 0 Å². The van der Waals surface area contributed by atoms with Gasteiger partial charge in [0.15, 0.2) is 0 Å². The van der Waals surface area contributed by atoms with E-state index in [1.165, 1.54) is 24.8 Å². The number of anilines is 1. The molecule has 66 valence electrons.